The Hall–Kier alpha value is -2.30. The molecule has 0 saturated heterocycles. The summed E-state index contributed by atoms with van der Waals surface area (Å²) in [4.78, 5) is 28.9. The average molecular weight is 380 g/mol. The van der Waals surface area contributed by atoms with Crippen molar-refractivity contribution in [2.24, 2.45) is 29.6 Å². The molecule has 1 heterocycles. The molecule has 4 aliphatic rings. The van der Waals surface area contributed by atoms with E-state index in [1.54, 1.807) is 0 Å². The molecule has 4 aliphatic carbocycles. The van der Waals surface area contributed by atoms with Crippen LogP contribution in [-0.2, 0) is 20.7 Å². The first-order chi connectivity index (χ1) is 13.6. The van der Waals surface area contributed by atoms with Gasteiger partial charge in [0, 0.05) is 29.4 Å². The number of esters is 1. The number of nitrogens with one attached hydrogen (secondary N) is 2. The second kappa shape index (κ2) is 6.94. The van der Waals surface area contributed by atoms with E-state index in [0.717, 1.165) is 28.3 Å². The average Bonchev–Trinajstić information content (AvgIpc) is 3.09. The molecule has 4 saturated carbocycles. The first kappa shape index (κ1) is 17.8. The minimum absolute atomic E-state index is 0.0593. The summed E-state index contributed by atoms with van der Waals surface area (Å²) in [6.07, 6.45) is 8.50. The van der Waals surface area contributed by atoms with Gasteiger partial charge in [-0.05, 0) is 67.4 Å². The van der Waals surface area contributed by atoms with Crippen LogP contribution in [0, 0.1) is 29.6 Å². The van der Waals surface area contributed by atoms with E-state index in [0.29, 0.717) is 18.3 Å². The van der Waals surface area contributed by atoms with Crippen molar-refractivity contribution < 1.29 is 14.3 Å². The second-order valence-electron chi connectivity index (χ2n) is 9.10. The summed E-state index contributed by atoms with van der Waals surface area (Å²) in [5.74, 6) is 2.42. The van der Waals surface area contributed by atoms with Crippen LogP contribution in [0.25, 0.3) is 10.9 Å². The molecule has 5 heteroatoms. The van der Waals surface area contributed by atoms with Gasteiger partial charge in [-0.3, -0.25) is 4.79 Å². The molecule has 6 rings (SSSR count). The van der Waals surface area contributed by atoms with Crippen LogP contribution < -0.4 is 5.32 Å². The molecular formula is C23H28N2O3. The molecule has 0 spiro atoms. The van der Waals surface area contributed by atoms with E-state index in [-0.39, 0.29) is 17.8 Å². The van der Waals surface area contributed by atoms with Gasteiger partial charge >= 0.3 is 5.97 Å². The van der Waals surface area contributed by atoms with Crippen molar-refractivity contribution in [1.82, 2.24) is 10.3 Å². The minimum Gasteiger partial charge on any atom is -0.467 e. The molecule has 28 heavy (non-hydrogen) atoms. The fraction of sp³-hybridized carbons (Fsp3) is 0.565. The summed E-state index contributed by atoms with van der Waals surface area (Å²) >= 11 is 0. The van der Waals surface area contributed by atoms with Crippen molar-refractivity contribution in [3.05, 3.63) is 36.0 Å². The number of carbonyl (C=O) groups excluding carboxylic acids is 2. The second-order valence-corrected chi connectivity index (χ2v) is 9.10. The van der Waals surface area contributed by atoms with Crippen molar-refractivity contribution in [3.63, 3.8) is 0 Å². The molecule has 2 N–H and O–H groups in total. The van der Waals surface area contributed by atoms with E-state index in [2.05, 4.69) is 10.3 Å². The van der Waals surface area contributed by atoms with Crippen molar-refractivity contribution >= 4 is 22.8 Å². The number of aromatic nitrogens is 1. The van der Waals surface area contributed by atoms with Crippen LogP contribution in [0.4, 0.5) is 0 Å². The van der Waals surface area contributed by atoms with Gasteiger partial charge in [-0.1, -0.05) is 18.2 Å². The van der Waals surface area contributed by atoms with E-state index in [9.17, 15) is 9.59 Å². The number of hydrogen-bond donors (Lipinski definition) is 2. The highest BCUT2D eigenvalue weighted by Gasteiger charge is 2.51. The Morgan fingerprint density at radius 3 is 2.46 bits per heavy atom. The van der Waals surface area contributed by atoms with Crippen molar-refractivity contribution in [2.45, 2.75) is 44.6 Å². The number of aromatic amines is 1. The molecule has 0 radical (unpaired) electrons. The minimum atomic E-state index is -0.645. The van der Waals surface area contributed by atoms with Crippen molar-refractivity contribution in [2.75, 3.05) is 7.11 Å². The Kier molecular flexibility index (Phi) is 4.41. The predicted octanol–water partition coefficient (Wildman–Crippen LogP) is 3.44. The molecule has 1 atom stereocenters. The van der Waals surface area contributed by atoms with Gasteiger partial charge in [0.2, 0.25) is 5.91 Å². The lowest BCUT2D eigenvalue weighted by atomic mass is 9.51. The maximum Gasteiger partial charge on any atom is 0.328 e. The zero-order valence-electron chi connectivity index (χ0n) is 16.3. The van der Waals surface area contributed by atoms with Crippen LogP contribution in [0.5, 0.6) is 0 Å². The lowest BCUT2D eigenvalue weighted by Gasteiger charge is -2.53. The van der Waals surface area contributed by atoms with Crippen LogP contribution in [-0.4, -0.2) is 30.0 Å². The number of methoxy groups -OCH3 is 1. The first-order valence-electron chi connectivity index (χ1n) is 10.6. The third-order valence-corrected chi connectivity index (χ3v) is 7.43. The number of amides is 1. The monoisotopic (exact) mass is 380 g/mol. The third kappa shape index (κ3) is 3.01. The molecular weight excluding hydrogens is 352 g/mol. The van der Waals surface area contributed by atoms with Crippen LogP contribution in [0.1, 0.15) is 37.7 Å². The molecule has 1 aromatic heterocycles. The fourth-order valence-electron chi connectivity index (χ4n) is 6.48. The topological polar surface area (TPSA) is 71.2 Å². The van der Waals surface area contributed by atoms with Gasteiger partial charge in [0.25, 0.3) is 0 Å². The highest BCUT2D eigenvalue weighted by Crippen LogP contribution is 2.56. The number of benzene rings is 1. The van der Waals surface area contributed by atoms with Gasteiger partial charge in [-0.15, -0.1) is 0 Å². The Labute approximate surface area is 165 Å². The SMILES string of the molecule is COC(=O)C(Cc1c[nH]c2ccccc12)NC(=O)C1C2CC3CC(C2)CC1C3. The van der Waals surface area contributed by atoms with Crippen molar-refractivity contribution in [1.29, 1.82) is 0 Å². The molecule has 2 aromatic rings. The normalized spacial score (nSPS) is 31.7. The summed E-state index contributed by atoms with van der Waals surface area (Å²) in [7, 11) is 1.39. The molecule has 0 aliphatic heterocycles. The summed E-state index contributed by atoms with van der Waals surface area (Å²) in [6, 6.07) is 7.37. The first-order valence-corrected chi connectivity index (χ1v) is 10.6. The maximum atomic E-state index is 13.2. The van der Waals surface area contributed by atoms with Crippen LogP contribution >= 0.6 is 0 Å². The molecule has 1 aromatic carbocycles. The van der Waals surface area contributed by atoms with Gasteiger partial charge in [0.05, 0.1) is 7.11 Å². The summed E-state index contributed by atoms with van der Waals surface area (Å²) in [5.41, 5.74) is 2.06. The lowest BCUT2D eigenvalue weighted by molar-refractivity contribution is -0.148. The molecule has 5 nitrogen and oxygen atoms in total. The lowest BCUT2D eigenvalue weighted by Crippen LogP contribution is -2.54. The van der Waals surface area contributed by atoms with E-state index < -0.39 is 6.04 Å². The van der Waals surface area contributed by atoms with Gasteiger partial charge in [0.1, 0.15) is 6.04 Å². The van der Waals surface area contributed by atoms with Crippen LogP contribution in [0.15, 0.2) is 30.5 Å². The number of para-hydroxylation sites is 1. The largest absolute Gasteiger partial charge is 0.467 e. The number of ether oxygens (including phenoxy) is 1. The van der Waals surface area contributed by atoms with E-state index >= 15 is 0 Å². The molecule has 148 valence electrons. The van der Waals surface area contributed by atoms with Gasteiger partial charge < -0.3 is 15.0 Å². The van der Waals surface area contributed by atoms with Gasteiger partial charge in [-0.25, -0.2) is 4.79 Å². The zero-order chi connectivity index (χ0) is 19.3. The molecule has 4 fully saturated rings. The quantitative estimate of drug-likeness (QED) is 0.781. The van der Waals surface area contributed by atoms with E-state index in [4.69, 9.17) is 4.74 Å². The zero-order valence-corrected chi connectivity index (χ0v) is 16.3. The fourth-order valence-corrected chi connectivity index (χ4v) is 6.48. The Bertz CT molecular complexity index is 874. The number of fused-ring (bicyclic) bond motifs is 1. The van der Waals surface area contributed by atoms with E-state index in [1.165, 1.54) is 39.2 Å². The number of carbonyl (C=O) groups is 2. The summed E-state index contributed by atoms with van der Waals surface area (Å²) in [6.45, 7) is 0. The Morgan fingerprint density at radius 2 is 1.79 bits per heavy atom. The third-order valence-electron chi connectivity index (χ3n) is 7.43. The number of hydrogen-bond acceptors (Lipinski definition) is 3. The highest BCUT2D eigenvalue weighted by molar-refractivity contribution is 5.88. The summed E-state index contributed by atoms with van der Waals surface area (Å²) in [5, 5.41) is 4.15. The van der Waals surface area contributed by atoms with Gasteiger partial charge in [-0.2, -0.15) is 0 Å². The number of H-pyrrole nitrogens is 1. The molecule has 4 bridgehead atoms. The maximum absolute atomic E-state index is 13.2. The van der Waals surface area contributed by atoms with Crippen LogP contribution in [0.3, 0.4) is 0 Å². The standard InChI is InChI=1S/C23H28N2O3/c1-28-23(27)20(11-17-12-24-19-5-3-2-4-18(17)19)25-22(26)21-15-7-13-6-14(9-15)10-16(21)8-13/h2-5,12-16,20-21,24H,6-11H2,1H3,(H,25,26). The molecule has 1 unspecified atom stereocenters. The smallest absolute Gasteiger partial charge is 0.328 e. The Balaban J connectivity index is 1.34. The predicted molar refractivity (Wildman–Crippen MR) is 106 cm³/mol. The number of rotatable bonds is 5. The van der Waals surface area contributed by atoms with Crippen molar-refractivity contribution in [3.8, 4) is 0 Å². The van der Waals surface area contributed by atoms with Crippen LogP contribution in [0.2, 0.25) is 0 Å². The highest BCUT2D eigenvalue weighted by atomic mass is 16.5. The van der Waals surface area contributed by atoms with E-state index in [1.807, 2.05) is 30.5 Å². The van der Waals surface area contributed by atoms with Gasteiger partial charge in [0.15, 0.2) is 0 Å². The molecule has 1 amide bonds. The Morgan fingerprint density at radius 1 is 1.11 bits per heavy atom. The summed E-state index contributed by atoms with van der Waals surface area (Å²) < 4.78 is 5.02.